The molecule has 4 heteroatoms. The molecule has 1 amide bonds. The van der Waals surface area contributed by atoms with Gasteiger partial charge in [0.15, 0.2) is 0 Å². The largest absolute Gasteiger partial charge is 0.481 e. The lowest BCUT2D eigenvalue weighted by Crippen LogP contribution is -2.18. The molecule has 0 atom stereocenters. The van der Waals surface area contributed by atoms with Crippen molar-refractivity contribution >= 4 is 11.9 Å². The van der Waals surface area contributed by atoms with Crippen LogP contribution in [0, 0.1) is 0 Å². The van der Waals surface area contributed by atoms with Gasteiger partial charge in [0.05, 0.1) is 6.42 Å². The fourth-order valence-corrected chi connectivity index (χ4v) is 0.410. The van der Waals surface area contributed by atoms with Gasteiger partial charge in [0.25, 0.3) is 0 Å². The molecule has 0 aliphatic rings. The van der Waals surface area contributed by atoms with Gasteiger partial charge in [-0.1, -0.05) is 6.08 Å². The van der Waals surface area contributed by atoms with E-state index in [2.05, 4.69) is 0 Å². The predicted molar refractivity (Wildman–Crippen MR) is 40.1 cm³/mol. The highest BCUT2D eigenvalue weighted by molar-refractivity contribution is 5.87. The molecule has 0 aromatic rings. The summed E-state index contributed by atoms with van der Waals surface area (Å²) in [5.74, 6) is -1.14. The third-order valence-electron chi connectivity index (χ3n) is 0.994. The van der Waals surface area contributed by atoms with E-state index in [4.69, 9.17) is 5.11 Å². The van der Waals surface area contributed by atoms with Crippen LogP contribution in [0.1, 0.15) is 6.42 Å². The summed E-state index contributed by atoms with van der Waals surface area (Å²) in [5, 5.41) is 8.19. The topological polar surface area (TPSA) is 57.6 Å². The summed E-state index contributed by atoms with van der Waals surface area (Å²) in [6.07, 6.45) is 2.46. The van der Waals surface area contributed by atoms with Crippen LogP contribution in [0.25, 0.3) is 0 Å². The standard InChI is InChI=1S/C7H11NO3/c1-8(2)6(9)4-3-5-7(10)11/h3-4H,5H2,1-2H3,(H,10,11)/b4-3+. The van der Waals surface area contributed by atoms with Gasteiger partial charge in [0, 0.05) is 14.1 Å². The molecule has 0 saturated heterocycles. The Bertz CT molecular complexity index is 184. The molecule has 0 unspecified atom stereocenters. The van der Waals surface area contributed by atoms with E-state index in [1.165, 1.54) is 17.1 Å². The molecule has 0 radical (unpaired) electrons. The molecule has 11 heavy (non-hydrogen) atoms. The first kappa shape index (κ1) is 9.68. The van der Waals surface area contributed by atoms with Crippen LogP contribution in [0.2, 0.25) is 0 Å². The zero-order chi connectivity index (χ0) is 8.85. The highest BCUT2D eigenvalue weighted by atomic mass is 16.4. The van der Waals surface area contributed by atoms with E-state index in [-0.39, 0.29) is 12.3 Å². The SMILES string of the molecule is CN(C)C(=O)/C=C/CC(=O)O. The smallest absolute Gasteiger partial charge is 0.307 e. The van der Waals surface area contributed by atoms with Gasteiger partial charge in [-0.15, -0.1) is 0 Å². The van der Waals surface area contributed by atoms with E-state index in [1.54, 1.807) is 14.1 Å². The van der Waals surface area contributed by atoms with Gasteiger partial charge in [-0.3, -0.25) is 9.59 Å². The Morgan fingerprint density at radius 2 is 2.00 bits per heavy atom. The number of carboxylic acids is 1. The van der Waals surface area contributed by atoms with Gasteiger partial charge in [0.1, 0.15) is 0 Å². The zero-order valence-corrected chi connectivity index (χ0v) is 6.57. The fourth-order valence-electron chi connectivity index (χ4n) is 0.410. The second-order valence-electron chi connectivity index (χ2n) is 2.23. The number of nitrogens with zero attached hydrogens (tertiary/aromatic N) is 1. The Balaban J connectivity index is 3.75. The molecule has 0 aromatic carbocycles. The summed E-state index contributed by atoms with van der Waals surface area (Å²) in [6.45, 7) is 0. The molecule has 4 nitrogen and oxygen atoms in total. The van der Waals surface area contributed by atoms with Gasteiger partial charge in [-0.2, -0.15) is 0 Å². The van der Waals surface area contributed by atoms with Crippen molar-refractivity contribution in [1.82, 2.24) is 4.90 Å². The summed E-state index contributed by atoms with van der Waals surface area (Å²) >= 11 is 0. The van der Waals surface area contributed by atoms with Crippen molar-refractivity contribution in [1.29, 1.82) is 0 Å². The summed E-state index contributed by atoms with van der Waals surface area (Å²) in [7, 11) is 3.21. The summed E-state index contributed by atoms with van der Waals surface area (Å²) in [6, 6.07) is 0. The number of rotatable bonds is 3. The molecule has 0 rings (SSSR count). The Morgan fingerprint density at radius 3 is 2.36 bits per heavy atom. The minimum atomic E-state index is -0.937. The highest BCUT2D eigenvalue weighted by Crippen LogP contribution is 1.85. The maximum atomic E-state index is 10.8. The number of amides is 1. The van der Waals surface area contributed by atoms with Gasteiger partial charge in [-0.05, 0) is 6.08 Å². The van der Waals surface area contributed by atoms with Crippen molar-refractivity contribution in [2.75, 3.05) is 14.1 Å². The van der Waals surface area contributed by atoms with Crippen LogP contribution in [0.3, 0.4) is 0 Å². The molecule has 0 aliphatic carbocycles. The lowest BCUT2D eigenvalue weighted by Gasteiger charge is -2.04. The average molecular weight is 157 g/mol. The van der Waals surface area contributed by atoms with Crippen LogP contribution >= 0.6 is 0 Å². The van der Waals surface area contributed by atoms with Crippen molar-refractivity contribution in [3.05, 3.63) is 12.2 Å². The van der Waals surface area contributed by atoms with Crippen molar-refractivity contribution in [2.45, 2.75) is 6.42 Å². The number of likely N-dealkylation sites (N-methyl/N-ethyl adjacent to an activating group) is 1. The number of carboxylic acid groups (broad SMARTS) is 1. The van der Waals surface area contributed by atoms with Crippen molar-refractivity contribution in [2.24, 2.45) is 0 Å². The fraction of sp³-hybridized carbons (Fsp3) is 0.429. The monoisotopic (exact) mass is 157 g/mol. The molecule has 0 spiro atoms. The first-order valence-corrected chi connectivity index (χ1v) is 3.13. The van der Waals surface area contributed by atoms with Crippen LogP contribution in [0.4, 0.5) is 0 Å². The van der Waals surface area contributed by atoms with E-state index in [9.17, 15) is 9.59 Å². The molecule has 0 saturated carbocycles. The van der Waals surface area contributed by atoms with E-state index in [0.717, 1.165) is 0 Å². The minimum Gasteiger partial charge on any atom is -0.481 e. The molecular weight excluding hydrogens is 146 g/mol. The molecule has 0 bridgehead atoms. The molecule has 0 fully saturated rings. The maximum absolute atomic E-state index is 10.8. The normalized spacial score (nSPS) is 10.0. The average Bonchev–Trinajstić information content (AvgIpc) is 1.86. The number of hydrogen-bond donors (Lipinski definition) is 1. The van der Waals surface area contributed by atoms with Crippen LogP contribution in [0.15, 0.2) is 12.2 Å². The molecular formula is C7H11NO3. The third-order valence-corrected chi connectivity index (χ3v) is 0.994. The van der Waals surface area contributed by atoms with Crippen molar-refractivity contribution in [3.8, 4) is 0 Å². The van der Waals surface area contributed by atoms with Gasteiger partial charge >= 0.3 is 5.97 Å². The molecule has 0 aliphatic heterocycles. The Labute approximate surface area is 65.1 Å². The van der Waals surface area contributed by atoms with Gasteiger partial charge in [0.2, 0.25) is 5.91 Å². The first-order valence-electron chi connectivity index (χ1n) is 3.13. The summed E-state index contributed by atoms with van der Waals surface area (Å²) < 4.78 is 0. The van der Waals surface area contributed by atoms with Crippen molar-refractivity contribution < 1.29 is 14.7 Å². The van der Waals surface area contributed by atoms with Crippen LogP contribution in [-0.4, -0.2) is 36.0 Å². The number of carbonyl (C=O) groups is 2. The van der Waals surface area contributed by atoms with E-state index in [0.29, 0.717) is 0 Å². The highest BCUT2D eigenvalue weighted by Gasteiger charge is 1.96. The Hall–Kier alpha value is -1.32. The lowest BCUT2D eigenvalue weighted by atomic mass is 10.3. The molecule has 1 N–H and O–H groups in total. The first-order chi connectivity index (χ1) is 5.04. The second-order valence-corrected chi connectivity index (χ2v) is 2.23. The summed E-state index contributed by atoms with van der Waals surface area (Å²) in [4.78, 5) is 22.1. The van der Waals surface area contributed by atoms with Gasteiger partial charge in [-0.25, -0.2) is 0 Å². The van der Waals surface area contributed by atoms with E-state index in [1.807, 2.05) is 0 Å². The zero-order valence-electron chi connectivity index (χ0n) is 6.57. The lowest BCUT2D eigenvalue weighted by molar-refractivity contribution is -0.135. The number of aliphatic carboxylic acids is 1. The van der Waals surface area contributed by atoms with Gasteiger partial charge < -0.3 is 10.0 Å². The van der Waals surface area contributed by atoms with Crippen LogP contribution < -0.4 is 0 Å². The van der Waals surface area contributed by atoms with E-state index < -0.39 is 5.97 Å². The molecule has 0 aromatic heterocycles. The summed E-state index contributed by atoms with van der Waals surface area (Å²) in [5.41, 5.74) is 0. The second kappa shape index (κ2) is 4.49. The minimum absolute atomic E-state index is 0.112. The Morgan fingerprint density at radius 1 is 1.45 bits per heavy atom. The van der Waals surface area contributed by atoms with Crippen LogP contribution in [-0.2, 0) is 9.59 Å². The quantitative estimate of drug-likeness (QED) is 0.591. The number of carbonyl (C=O) groups excluding carboxylic acids is 1. The van der Waals surface area contributed by atoms with E-state index >= 15 is 0 Å². The van der Waals surface area contributed by atoms with Crippen LogP contribution in [0.5, 0.6) is 0 Å². The molecule has 62 valence electrons. The number of hydrogen-bond acceptors (Lipinski definition) is 2. The maximum Gasteiger partial charge on any atom is 0.307 e. The predicted octanol–water partition coefficient (Wildman–Crippen LogP) is 0.106. The van der Waals surface area contributed by atoms with Crippen molar-refractivity contribution in [3.63, 3.8) is 0 Å². The third kappa shape index (κ3) is 5.14. The Kier molecular flexibility index (Phi) is 3.95. The molecule has 0 heterocycles.